The van der Waals surface area contributed by atoms with E-state index in [4.69, 9.17) is 10.2 Å². The lowest BCUT2D eigenvalue weighted by atomic mass is 9.89. The summed E-state index contributed by atoms with van der Waals surface area (Å²) in [6.07, 6.45) is 6.52. The number of aromatic nitrogens is 2. The van der Waals surface area contributed by atoms with E-state index in [1.807, 2.05) is 30.3 Å². The zero-order chi connectivity index (χ0) is 18.6. The Labute approximate surface area is 158 Å². The standard InChI is InChI=1S/C21H24N4O2/c26-20(24-27)16-10-12-17(13-11-16)22-21-23-18-8-4-5-9-19(18)25(21)14-15-6-2-1-3-7-15/h4-5,8-13,15,27H,1-3,6-7,14H2,(H,22,23)(H,24,26). The fraction of sp³-hybridized carbons (Fsp3) is 0.333. The van der Waals surface area contributed by atoms with Crippen molar-refractivity contribution in [2.75, 3.05) is 5.32 Å². The topological polar surface area (TPSA) is 79.2 Å². The molecule has 0 aliphatic heterocycles. The predicted molar refractivity (Wildman–Crippen MR) is 105 cm³/mol. The zero-order valence-corrected chi connectivity index (χ0v) is 15.2. The van der Waals surface area contributed by atoms with Gasteiger partial charge in [-0.2, -0.15) is 0 Å². The van der Waals surface area contributed by atoms with Crippen LogP contribution < -0.4 is 10.8 Å². The molecule has 0 unspecified atom stereocenters. The van der Waals surface area contributed by atoms with Crippen molar-refractivity contribution in [3.63, 3.8) is 0 Å². The second kappa shape index (κ2) is 7.80. The molecule has 140 valence electrons. The number of hydrogen-bond donors (Lipinski definition) is 3. The Kier molecular flexibility index (Phi) is 5.07. The molecule has 1 aliphatic rings. The first-order valence-corrected chi connectivity index (χ1v) is 9.51. The van der Waals surface area contributed by atoms with Gasteiger partial charge in [0.2, 0.25) is 5.95 Å². The van der Waals surface area contributed by atoms with Gasteiger partial charge in [-0.05, 0) is 55.2 Å². The zero-order valence-electron chi connectivity index (χ0n) is 15.2. The Morgan fingerprint density at radius 3 is 2.56 bits per heavy atom. The van der Waals surface area contributed by atoms with E-state index in [0.717, 1.165) is 29.2 Å². The fourth-order valence-corrected chi connectivity index (χ4v) is 3.88. The van der Waals surface area contributed by atoms with Gasteiger partial charge in [0.05, 0.1) is 11.0 Å². The number of nitrogens with zero attached hydrogens (tertiary/aromatic N) is 2. The number of carbonyl (C=O) groups is 1. The van der Waals surface area contributed by atoms with E-state index in [9.17, 15) is 4.79 Å². The van der Waals surface area contributed by atoms with Crippen LogP contribution in [0.4, 0.5) is 11.6 Å². The average molecular weight is 364 g/mol. The molecule has 0 spiro atoms. The molecule has 0 saturated heterocycles. The lowest BCUT2D eigenvalue weighted by Gasteiger charge is -2.23. The van der Waals surface area contributed by atoms with E-state index in [-0.39, 0.29) is 0 Å². The van der Waals surface area contributed by atoms with Crippen LogP contribution in [0.3, 0.4) is 0 Å². The van der Waals surface area contributed by atoms with Crippen LogP contribution in [-0.4, -0.2) is 20.7 Å². The van der Waals surface area contributed by atoms with Gasteiger partial charge in [-0.15, -0.1) is 0 Å². The molecule has 1 aromatic heterocycles. The maximum Gasteiger partial charge on any atom is 0.274 e. The lowest BCUT2D eigenvalue weighted by molar-refractivity contribution is 0.0706. The number of hydroxylamine groups is 1. The summed E-state index contributed by atoms with van der Waals surface area (Å²) in [5, 5.41) is 12.1. The van der Waals surface area contributed by atoms with Crippen LogP contribution in [0, 0.1) is 5.92 Å². The summed E-state index contributed by atoms with van der Waals surface area (Å²) in [5.74, 6) is 0.986. The van der Waals surface area contributed by atoms with E-state index >= 15 is 0 Å². The van der Waals surface area contributed by atoms with Crippen LogP contribution in [-0.2, 0) is 6.54 Å². The number of amides is 1. The second-order valence-corrected chi connectivity index (χ2v) is 7.18. The van der Waals surface area contributed by atoms with Gasteiger partial charge in [0.15, 0.2) is 0 Å². The van der Waals surface area contributed by atoms with Gasteiger partial charge >= 0.3 is 0 Å². The van der Waals surface area contributed by atoms with Crippen molar-refractivity contribution in [3.8, 4) is 0 Å². The summed E-state index contributed by atoms with van der Waals surface area (Å²) in [5.41, 5.74) is 5.02. The summed E-state index contributed by atoms with van der Waals surface area (Å²) < 4.78 is 2.28. The van der Waals surface area contributed by atoms with Gasteiger partial charge in [0.1, 0.15) is 0 Å². The summed E-state index contributed by atoms with van der Waals surface area (Å²) in [4.78, 5) is 16.3. The van der Waals surface area contributed by atoms with Crippen LogP contribution in [0.15, 0.2) is 48.5 Å². The van der Waals surface area contributed by atoms with Crippen molar-refractivity contribution in [2.45, 2.75) is 38.6 Å². The Morgan fingerprint density at radius 1 is 1.07 bits per heavy atom. The molecule has 27 heavy (non-hydrogen) atoms. The molecule has 0 atom stereocenters. The Hall–Kier alpha value is -2.86. The number of para-hydroxylation sites is 2. The first kappa shape index (κ1) is 17.5. The van der Waals surface area contributed by atoms with E-state index in [2.05, 4.69) is 16.0 Å². The quantitative estimate of drug-likeness (QED) is 0.461. The molecular formula is C21H24N4O2. The minimum atomic E-state index is -0.522. The monoisotopic (exact) mass is 364 g/mol. The number of anilines is 2. The number of carbonyl (C=O) groups excluding carboxylic acids is 1. The van der Waals surface area contributed by atoms with Crippen molar-refractivity contribution in [1.82, 2.24) is 15.0 Å². The van der Waals surface area contributed by atoms with Crippen molar-refractivity contribution in [2.24, 2.45) is 5.92 Å². The van der Waals surface area contributed by atoms with E-state index in [1.54, 1.807) is 17.6 Å². The molecule has 3 N–H and O–H groups in total. The molecule has 1 saturated carbocycles. The molecule has 6 heteroatoms. The minimum Gasteiger partial charge on any atom is -0.326 e. The number of rotatable bonds is 5. The van der Waals surface area contributed by atoms with Gasteiger partial charge in [-0.1, -0.05) is 31.4 Å². The molecule has 6 nitrogen and oxygen atoms in total. The minimum absolute atomic E-state index is 0.402. The molecule has 1 fully saturated rings. The highest BCUT2D eigenvalue weighted by Crippen LogP contribution is 2.29. The van der Waals surface area contributed by atoms with Crippen LogP contribution >= 0.6 is 0 Å². The van der Waals surface area contributed by atoms with E-state index in [1.165, 1.54) is 32.1 Å². The smallest absolute Gasteiger partial charge is 0.274 e. The van der Waals surface area contributed by atoms with Crippen LogP contribution in [0.25, 0.3) is 11.0 Å². The maximum absolute atomic E-state index is 11.5. The first-order chi connectivity index (χ1) is 13.2. The first-order valence-electron chi connectivity index (χ1n) is 9.51. The predicted octanol–water partition coefficient (Wildman–Crippen LogP) is 4.48. The molecular weight excluding hydrogens is 340 g/mol. The number of nitrogens with one attached hydrogen (secondary N) is 2. The van der Waals surface area contributed by atoms with E-state index < -0.39 is 5.91 Å². The third-order valence-corrected chi connectivity index (χ3v) is 5.32. The number of hydrogen-bond acceptors (Lipinski definition) is 4. The molecule has 1 heterocycles. The molecule has 1 amide bonds. The largest absolute Gasteiger partial charge is 0.326 e. The highest BCUT2D eigenvalue weighted by atomic mass is 16.5. The van der Waals surface area contributed by atoms with Gasteiger partial charge in [-0.3, -0.25) is 10.0 Å². The molecule has 0 bridgehead atoms. The average Bonchev–Trinajstić information content (AvgIpc) is 3.06. The molecule has 4 rings (SSSR count). The molecule has 3 aromatic rings. The van der Waals surface area contributed by atoms with Crippen LogP contribution in [0.5, 0.6) is 0 Å². The van der Waals surface area contributed by atoms with Gasteiger partial charge in [0.25, 0.3) is 5.91 Å². The van der Waals surface area contributed by atoms with Crippen molar-refractivity contribution < 1.29 is 10.0 Å². The Morgan fingerprint density at radius 2 is 1.81 bits per heavy atom. The van der Waals surface area contributed by atoms with E-state index in [0.29, 0.717) is 11.5 Å². The molecule has 2 aromatic carbocycles. The van der Waals surface area contributed by atoms with Crippen molar-refractivity contribution in [1.29, 1.82) is 0 Å². The van der Waals surface area contributed by atoms with Gasteiger partial charge in [-0.25, -0.2) is 10.5 Å². The SMILES string of the molecule is O=C(NO)c1ccc(Nc2nc3ccccc3n2CC2CCCCC2)cc1. The van der Waals surface area contributed by atoms with Crippen molar-refractivity contribution >= 4 is 28.6 Å². The Bertz CT molecular complexity index is 927. The number of fused-ring (bicyclic) bond motifs is 1. The summed E-state index contributed by atoms with van der Waals surface area (Å²) in [7, 11) is 0. The third-order valence-electron chi connectivity index (χ3n) is 5.32. The molecule has 0 radical (unpaired) electrons. The summed E-state index contributed by atoms with van der Waals surface area (Å²) >= 11 is 0. The Balaban J connectivity index is 1.62. The summed E-state index contributed by atoms with van der Waals surface area (Å²) in [6, 6.07) is 15.2. The number of benzene rings is 2. The second-order valence-electron chi connectivity index (χ2n) is 7.18. The highest BCUT2D eigenvalue weighted by Gasteiger charge is 2.18. The lowest BCUT2D eigenvalue weighted by Crippen LogP contribution is -2.18. The normalized spacial score (nSPS) is 15.0. The van der Waals surface area contributed by atoms with Crippen molar-refractivity contribution in [3.05, 3.63) is 54.1 Å². The molecule has 1 aliphatic carbocycles. The fourth-order valence-electron chi connectivity index (χ4n) is 3.88. The maximum atomic E-state index is 11.5. The van der Waals surface area contributed by atoms with Crippen LogP contribution in [0.2, 0.25) is 0 Å². The highest BCUT2D eigenvalue weighted by molar-refractivity contribution is 5.93. The third kappa shape index (κ3) is 3.80. The van der Waals surface area contributed by atoms with Gasteiger partial charge < -0.3 is 9.88 Å². The van der Waals surface area contributed by atoms with Gasteiger partial charge in [0, 0.05) is 17.8 Å². The summed E-state index contributed by atoms with van der Waals surface area (Å²) in [6.45, 7) is 0.966. The number of imidazole rings is 1. The van der Waals surface area contributed by atoms with Crippen LogP contribution in [0.1, 0.15) is 42.5 Å².